The molecule has 104 valence electrons. The summed E-state index contributed by atoms with van der Waals surface area (Å²) in [6.07, 6.45) is 6.73. The van der Waals surface area contributed by atoms with Gasteiger partial charge in [-0.2, -0.15) is 0 Å². The van der Waals surface area contributed by atoms with Crippen molar-refractivity contribution >= 4 is 0 Å². The highest BCUT2D eigenvalue weighted by Gasteiger charge is 2.24. The summed E-state index contributed by atoms with van der Waals surface area (Å²) in [5.74, 6) is 0. The molecule has 1 aliphatic rings. The number of likely N-dealkylation sites (tertiary alicyclic amines) is 1. The van der Waals surface area contributed by atoms with E-state index in [9.17, 15) is 0 Å². The summed E-state index contributed by atoms with van der Waals surface area (Å²) in [6, 6.07) is 1.67. The van der Waals surface area contributed by atoms with Crippen molar-refractivity contribution in [1.82, 2.24) is 9.80 Å². The minimum Gasteiger partial charge on any atom is -0.306 e. The van der Waals surface area contributed by atoms with Gasteiger partial charge in [-0.1, -0.05) is 34.1 Å². The summed E-state index contributed by atoms with van der Waals surface area (Å²) in [5.41, 5.74) is 0. The summed E-state index contributed by atoms with van der Waals surface area (Å²) in [7, 11) is 4.42. The summed E-state index contributed by atoms with van der Waals surface area (Å²) in [5, 5.41) is 0. The summed E-state index contributed by atoms with van der Waals surface area (Å²) in [4.78, 5) is 5.10. The van der Waals surface area contributed by atoms with Gasteiger partial charge in [0.15, 0.2) is 0 Å². The minimum atomic E-state index is 0.820. The van der Waals surface area contributed by atoms with Gasteiger partial charge < -0.3 is 9.80 Å². The minimum absolute atomic E-state index is 0.820. The fourth-order valence-corrected chi connectivity index (χ4v) is 2.75. The molecule has 1 heterocycles. The van der Waals surface area contributed by atoms with E-state index in [1.54, 1.807) is 0 Å². The van der Waals surface area contributed by atoms with E-state index in [-0.39, 0.29) is 0 Å². The standard InChI is InChI=1S/C13H28N2.C2H6/c1-5-7-12(6-2)15-10-8-13(9-11-15)14(3)4;1-2/h12-13H,5-11H2,1-4H3;1-2H3. The number of nitrogens with zero attached hydrogens (tertiary/aromatic N) is 2. The van der Waals surface area contributed by atoms with Gasteiger partial charge >= 0.3 is 0 Å². The lowest BCUT2D eigenvalue weighted by Crippen LogP contribution is -2.46. The van der Waals surface area contributed by atoms with Gasteiger partial charge in [0.1, 0.15) is 0 Å². The van der Waals surface area contributed by atoms with Gasteiger partial charge in [0.25, 0.3) is 0 Å². The first-order valence-electron chi connectivity index (χ1n) is 7.59. The molecule has 0 spiro atoms. The monoisotopic (exact) mass is 242 g/mol. The van der Waals surface area contributed by atoms with Gasteiger partial charge in [-0.05, 0) is 52.9 Å². The van der Waals surface area contributed by atoms with Crippen LogP contribution >= 0.6 is 0 Å². The van der Waals surface area contributed by atoms with Crippen molar-refractivity contribution in [2.24, 2.45) is 0 Å². The second-order valence-electron chi connectivity index (χ2n) is 5.08. The molecule has 2 nitrogen and oxygen atoms in total. The third-order valence-corrected chi connectivity index (χ3v) is 3.84. The highest BCUT2D eigenvalue weighted by atomic mass is 15.2. The Kier molecular flexibility index (Phi) is 9.85. The summed E-state index contributed by atoms with van der Waals surface area (Å²) >= 11 is 0. The number of hydrogen-bond donors (Lipinski definition) is 0. The Morgan fingerprint density at radius 3 is 2.00 bits per heavy atom. The molecule has 0 bridgehead atoms. The van der Waals surface area contributed by atoms with Crippen molar-refractivity contribution in [3.63, 3.8) is 0 Å². The molecule has 0 aliphatic carbocycles. The summed E-state index contributed by atoms with van der Waals surface area (Å²) in [6.45, 7) is 11.2. The maximum absolute atomic E-state index is 2.71. The zero-order chi connectivity index (χ0) is 13.3. The lowest BCUT2D eigenvalue weighted by molar-refractivity contribution is 0.101. The van der Waals surface area contributed by atoms with Crippen LogP contribution in [0.1, 0.15) is 59.8 Å². The van der Waals surface area contributed by atoms with Crippen LogP contribution in [-0.2, 0) is 0 Å². The van der Waals surface area contributed by atoms with Crippen LogP contribution in [0.25, 0.3) is 0 Å². The maximum Gasteiger partial charge on any atom is 0.0113 e. The van der Waals surface area contributed by atoms with E-state index >= 15 is 0 Å². The van der Waals surface area contributed by atoms with Crippen molar-refractivity contribution in [3.8, 4) is 0 Å². The predicted molar refractivity (Wildman–Crippen MR) is 78.6 cm³/mol. The van der Waals surface area contributed by atoms with E-state index in [0.29, 0.717) is 0 Å². The number of piperidine rings is 1. The lowest BCUT2D eigenvalue weighted by Gasteiger charge is -2.39. The van der Waals surface area contributed by atoms with E-state index in [1.807, 2.05) is 13.8 Å². The molecule has 1 rings (SSSR count). The van der Waals surface area contributed by atoms with Crippen LogP contribution in [-0.4, -0.2) is 49.1 Å². The Labute approximate surface area is 109 Å². The van der Waals surface area contributed by atoms with Gasteiger partial charge in [0.2, 0.25) is 0 Å². The Bertz CT molecular complexity index is 160. The normalized spacial score (nSPS) is 19.9. The molecule has 1 saturated heterocycles. The Morgan fingerprint density at radius 2 is 1.65 bits per heavy atom. The third kappa shape index (κ3) is 5.87. The number of hydrogen-bond acceptors (Lipinski definition) is 2. The van der Waals surface area contributed by atoms with Crippen LogP contribution in [0, 0.1) is 0 Å². The average molecular weight is 242 g/mol. The molecule has 0 N–H and O–H groups in total. The summed E-state index contributed by atoms with van der Waals surface area (Å²) < 4.78 is 0. The van der Waals surface area contributed by atoms with E-state index < -0.39 is 0 Å². The largest absolute Gasteiger partial charge is 0.306 e. The molecular weight excluding hydrogens is 208 g/mol. The quantitative estimate of drug-likeness (QED) is 0.726. The maximum atomic E-state index is 2.71. The van der Waals surface area contributed by atoms with E-state index in [0.717, 1.165) is 12.1 Å². The molecule has 17 heavy (non-hydrogen) atoms. The molecule has 0 radical (unpaired) electrons. The molecule has 2 heteroatoms. The molecule has 1 fully saturated rings. The Balaban J connectivity index is 0.00000121. The zero-order valence-corrected chi connectivity index (χ0v) is 13.0. The first-order valence-corrected chi connectivity index (χ1v) is 7.59. The second-order valence-corrected chi connectivity index (χ2v) is 5.08. The van der Waals surface area contributed by atoms with Gasteiger partial charge in [-0.15, -0.1) is 0 Å². The zero-order valence-electron chi connectivity index (χ0n) is 13.0. The van der Waals surface area contributed by atoms with Gasteiger partial charge in [0, 0.05) is 12.1 Å². The van der Waals surface area contributed by atoms with E-state index in [2.05, 4.69) is 37.7 Å². The van der Waals surface area contributed by atoms with Crippen LogP contribution in [0.3, 0.4) is 0 Å². The first kappa shape index (κ1) is 16.9. The Morgan fingerprint density at radius 1 is 1.12 bits per heavy atom. The van der Waals surface area contributed by atoms with Crippen LogP contribution in [0.5, 0.6) is 0 Å². The van der Waals surface area contributed by atoms with Gasteiger partial charge in [0.05, 0.1) is 0 Å². The van der Waals surface area contributed by atoms with Crippen LogP contribution in [0.4, 0.5) is 0 Å². The molecule has 1 aliphatic heterocycles. The van der Waals surface area contributed by atoms with Crippen molar-refractivity contribution in [2.45, 2.75) is 71.9 Å². The highest BCUT2D eigenvalue weighted by molar-refractivity contribution is 4.80. The Hall–Kier alpha value is -0.0800. The first-order chi connectivity index (χ1) is 8.19. The molecule has 0 saturated carbocycles. The van der Waals surface area contributed by atoms with Gasteiger partial charge in [-0.3, -0.25) is 0 Å². The molecule has 0 aromatic rings. The molecule has 0 aromatic carbocycles. The van der Waals surface area contributed by atoms with E-state index in [1.165, 1.54) is 45.2 Å². The SMILES string of the molecule is CC.CCCC(CC)N1CCC(N(C)C)CC1. The van der Waals surface area contributed by atoms with Crippen molar-refractivity contribution in [3.05, 3.63) is 0 Å². The van der Waals surface area contributed by atoms with Crippen molar-refractivity contribution in [2.75, 3.05) is 27.2 Å². The van der Waals surface area contributed by atoms with Crippen molar-refractivity contribution < 1.29 is 0 Å². The van der Waals surface area contributed by atoms with Gasteiger partial charge in [-0.25, -0.2) is 0 Å². The predicted octanol–water partition coefficient (Wildman–Crippen LogP) is 3.62. The van der Waals surface area contributed by atoms with Crippen LogP contribution in [0.2, 0.25) is 0 Å². The molecule has 0 aromatic heterocycles. The molecule has 1 atom stereocenters. The molecule has 0 amide bonds. The average Bonchev–Trinajstić information content (AvgIpc) is 2.38. The topological polar surface area (TPSA) is 6.48 Å². The van der Waals surface area contributed by atoms with Crippen LogP contribution in [0.15, 0.2) is 0 Å². The second kappa shape index (κ2) is 9.90. The van der Waals surface area contributed by atoms with Crippen LogP contribution < -0.4 is 0 Å². The fourth-order valence-electron chi connectivity index (χ4n) is 2.75. The molecular formula is C15H34N2. The third-order valence-electron chi connectivity index (χ3n) is 3.84. The highest BCUT2D eigenvalue weighted by Crippen LogP contribution is 2.19. The number of rotatable bonds is 5. The van der Waals surface area contributed by atoms with E-state index in [4.69, 9.17) is 0 Å². The van der Waals surface area contributed by atoms with Crippen molar-refractivity contribution in [1.29, 1.82) is 0 Å². The lowest BCUT2D eigenvalue weighted by atomic mass is 9.99. The molecule has 1 unspecified atom stereocenters. The smallest absolute Gasteiger partial charge is 0.0113 e. The fraction of sp³-hybridized carbons (Fsp3) is 1.00.